The van der Waals surface area contributed by atoms with Gasteiger partial charge in [-0.15, -0.1) is 0 Å². The van der Waals surface area contributed by atoms with E-state index in [1.54, 1.807) is 0 Å². The third kappa shape index (κ3) is 2.40. The van der Waals surface area contributed by atoms with E-state index in [1.165, 1.54) is 0 Å². The van der Waals surface area contributed by atoms with Crippen LogP contribution in [0.5, 0.6) is 5.75 Å². The Morgan fingerprint density at radius 1 is 1.30 bits per heavy atom. The van der Waals surface area contributed by atoms with Gasteiger partial charge in [0, 0.05) is 18.7 Å². The number of carboxylic acids is 1. The molecule has 20 heavy (non-hydrogen) atoms. The highest BCUT2D eigenvalue weighted by Gasteiger charge is 2.53. The van der Waals surface area contributed by atoms with Gasteiger partial charge in [0.2, 0.25) is 0 Å². The molecular weight excluding hydrogens is 254 g/mol. The zero-order chi connectivity index (χ0) is 14.2. The molecule has 0 unspecified atom stereocenters. The average molecular weight is 275 g/mol. The fourth-order valence-corrected chi connectivity index (χ4v) is 2.97. The molecule has 0 bridgehead atoms. The van der Waals surface area contributed by atoms with Crippen LogP contribution < -0.4 is 4.74 Å². The van der Waals surface area contributed by atoms with Gasteiger partial charge in [0.15, 0.2) is 0 Å². The molecule has 0 aromatic heterocycles. The Balaban J connectivity index is 1.79. The van der Waals surface area contributed by atoms with Crippen molar-refractivity contribution >= 4 is 5.97 Å². The molecule has 1 saturated heterocycles. The van der Waals surface area contributed by atoms with Gasteiger partial charge < -0.3 is 14.7 Å². The number of para-hydroxylation sites is 1. The van der Waals surface area contributed by atoms with Crippen molar-refractivity contribution in [2.45, 2.75) is 37.2 Å². The molecule has 0 spiro atoms. The SMILES string of the molecule is CN1CCC(Oc2ccccc2C2(C(=O)O)CC2)CC1. The second kappa shape index (κ2) is 5.09. The number of aliphatic carboxylic acids is 1. The van der Waals surface area contributed by atoms with Gasteiger partial charge in [-0.1, -0.05) is 18.2 Å². The fraction of sp³-hybridized carbons (Fsp3) is 0.562. The molecule has 1 aromatic rings. The Hall–Kier alpha value is -1.55. The maximum absolute atomic E-state index is 11.5. The van der Waals surface area contributed by atoms with Gasteiger partial charge in [0.25, 0.3) is 0 Å². The van der Waals surface area contributed by atoms with Crippen LogP contribution in [0.4, 0.5) is 0 Å². The molecule has 1 heterocycles. The van der Waals surface area contributed by atoms with Crippen molar-refractivity contribution in [3.63, 3.8) is 0 Å². The summed E-state index contributed by atoms with van der Waals surface area (Å²) in [6.07, 6.45) is 3.65. The van der Waals surface area contributed by atoms with Crippen LogP contribution in [0.3, 0.4) is 0 Å². The summed E-state index contributed by atoms with van der Waals surface area (Å²) in [4.78, 5) is 13.8. The molecule has 4 nitrogen and oxygen atoms in total. The van der Waals surface area contributed by atoms with E-state index in [9.17, 15) is 9.90 Å². The van der Waals surface area contributed by atoms with Gasteiger partial charge in [-0.25, -0.2) is 0 Å². The molecule has 108 valence electrons. The molecule has 3 rings (SSSR count). The fourth-order valence-electron chi connectivity index (χ4n) is 2.97. The van der Waals surface area contributed by atoms with Crippen LogP contribution >= 0.6 is 0 Å². The van der Waals surface area contributed by atoms with E-state index >= 15 is 0 Å². The molecule has 2 fully saturated rings. The quantitative estimate of drug-likeness (QED) is 0.916. The molecule has 1 N–H and O–H groups in total. The first-order chi connectivity index (χ1) is 9.62. The third-order valence-corrected chi connectivity index (χ3v) is 4.52. The lowest BCUT2D eigenvalue weighted by atomic mass is 9.95. The average Bonchev–Trinajstić information content (AvgIpc) is 3.24. The highest BCUT2D eigenvalue weighted by Crippen LogP contribution is 2.51. The molecule has 1 aromatic carbocycles. The minimum atomic E-state index is -0.725. The second-order valence-electron chi connectivity index (χ2n) is 6.00. The number of nitrogens with zero attached hydrogens (tertiary/aromatic N) is 1. The van der Waals surface area contributed by atoms with E-state index in [0.717, 1.165) is 50.1 Å². The van der Waals surface area contributed by atoms with Crippen LogP contribution in [0.2, 0.25) is 0 Å². The number of carboxylic acid groups (broad SMARTS) is 1. The smallest absolute Gasteiger partial charge is 0.314 e. The van der Waals surface area contributed by atoms with Crippen LogP contribution in [0.15, 0.2) is 24.3 Å². The van der Waals surface area contributed by atoms with Gasteiger partial charge in [-0.2, -0.15) is 0 Å². The summed E-state index contributed by atoms with van der Waals surface area (Å²) in [6.45, 7) is 2.08. The number of piperidine rings is 1. The monoisotopic (exact) mass is 275 g/mol. The van der Waals surface area contributed by atoms with Crippen molar-refractivity contribution in [1.29, 1.82) is 0 Å². The topological polar surface area (TPSA) is 49.8 Å². The molecule has 0 amide bonds. The number of hydrogen-bond donors (Lipinski definition) is 1. The summed E-state index contributed by atoms with van der Waals surface area (Å²) >= 11 is 0. The Kier molecular flexibility index (Phi) is 3.42. The first kappa shape index (κ1) is 13.4. The van der Waals surface area contributed by atoms with Gasteiger partial charge in [-0.3, -0.25) is 4.79 Å². The van der Waals surface area contributed by atoms with Crippen molar-refractivity contribution in [2.75, 3.05) is 20.1 Å². The number of carbonyl (C=O) groups is 1. The summed E-state index contributed by atoms with van der Waals surface area (Å²) in [6, 6.07) is 7.65. The summed E-state index contributed by atoms with van der Waals surface area (Å²) in [5, 5.41) is 9.46. The van der Waals surface area contributed by atoms with Crippen molar-refractivity contribution in [1.82, 2.24) is 4.90 Å². The molecule has 1 aliphatic heterocycles. The normalized spacial score (nSPS) is 22.4. The predicted molar refractivity (Wildman–Crippen MR) is 76.1 cm³/mol. The van der Waals surface area contributed by atoms with Crippen molar-refractivity contribution in [2.24, 2.45) is 0 Å². The molecule has 0 radical (unpaired) electrons. The Morgan fingerprint density at radius 2 is 1.95 bits per heavy atom. The lowest BCUT2D eigenvalue weighted by molar-refractivity contribution is -0.140. The summed E-state index contributed by atoms with van der Waals surface area (Å²) in [5.74, 6) is 0.0406. The van der Waals surface area contributed by atoms with Gasteiger partial charge in [-0.05, 0) is 38.8 Å². The highest BCUT2D eigenvalue weighted by molar-refractivity contribution is 5.86. The van der Waals surface area contributed by atoms with E-state index in [1.807, 2.05) is 24.3 Å². The summed E-state index contributed by atoms with van der Waals surface area (Å²) in [5.41, 5.74) is 0.161. The highest BCUT2D eigenvalue weighted by atomic mass is 16.5. The maximum atomic E-state index is 11.5. The number of benzene rings is 1. The van der Waals surface area contributed by atoms with Crippen molar-refractivity contribution in [3.05, 3.63) is 29.8 Å². The first-order valence-electron chi connectivity index (χ1n) is 7.30. The van der Waals surface area contributed by atoms with Crippen LogP contribution in [-0.2, 0) is 10.2 Å². The van der Waals surface area contributed by atoms with E-state index in [-0.39, 0.29) is 6.10 Å². The molecule has 1 saturated carbocycles. The van der Waals surface area contributed by atoms with Crippen LogP contribution in [0, 0.1) is 0 Å². The molecule has 4 heteroatoms. The molecular formula is C16H21NO3. The Labute approximate surface area is 119 Å². The van der Waals surface area contributed by atoms with E-state index in [0.29, 0.717) is 0 Å². The van der Waals surface area contributed by atoms with Crippen LogP contribution in [0.25, 0.3) is 0 Å². The van der Waals surface area contributed by atoms with Crippen molar-refractivity contribution < 1.29 is 14.6 Å². The zero-order valence-electron chi connectivity index (χ0n) is 11.8. The van der Waals surface area contributed by atoms with Crippen LogP contribution in [-0.4, -0.2) is 42.2 Å². The lowest BCUT2D eigenvalue weighted by Crippen LogP contribution is -2.36. The number of rotatable bonds is 4. The maximum Gasteiger partial charge on any atom is 0.314 e. The summed E-state index contributed by atoms with van der Waals surface area (Å²) < 4.78 is 6.12. The Bertz CT molecular complexity index is 502. The first-order valence-corrected chi connectivity index (χ1v) is 7.30. The predicted octanol–water partition coefficient (Wildman–Crippen LogP) is 2.28. The molecule has 1 aliphatic carbocycles. The Morgan fingerprint density at radius 3 is 2.55 bits per heavy atom. The van der Waals surface area contributed by atoms with Gasteiger partial charge in [0.05, 0.1) is 5.41 Å². The van der Waals surface area contributed by atoms with Gasteiger partial charge in [0.1, 0.15) is 11.9 Å². The number of likely N-dealkylation sites (tertiary alicyclic amines) is 1. The lowest BCUT2D eigenvalue weighted by Gasteiger charge is -2.30. The van der Waals surface area contributed by atoms with Crippen molar-refractivity contribution in [3.8, 4) is 5.75 Å². The van der Waals surface area contributed by atoms with E-state index in [4.69, 9.17) is 4.74 Å². The minimum Gasteiger partial charge on any atom is -0.490 e. The zero-order valence-corrected chi connectivity index (χ0v) is 11.8. The largest absolute Gasteiger partial charge is 0.490 e. The summed E-state index contributed by atoms with van der Waals surface area (Å²) in [7, 11) is 2.12. The van der Waals surface area contributed by atoms with E-state index in [2.05, 4.69) is 11.9 Å². The van der Waals surface area contributed by atoms with Crippen LogP contribution in [0.1, 0.15) is 31.2 Å². The second-order valence-corrected chi connectivity index (χ2v) is 6.00. The number of ether oxygens (including phenoxy) is 1. The minimum absolute atomic E-state index is 0.206. The van der Waals surface area contributed by atoms with E-state index < -0.39 is 11.4 Å². The van der Waals surface area contributed by atoms with Gasteiger partial charge >= 0.3 is 5.97 Å². The standard InChI is InChI=1S/C16H21NO3/c1-17-10-6-12(7-11-17)20-14-5-3-2-4-13(14)16(8-9-16)15(18)19/h2-5,12H,6-11H2,1H3,(H,18,19). The molecule has 0 atom stereocenters. The third-order valence-electron chi connectivity index (χ3n) is 4.52. The number of hydrogen-bond acceptors (Lipinski definition) is 3. The molecule has 2 aliphatic rings.